The van der Waals surface area contributed by atoms with E-state index in [1.165, 1.54) is 41.9 Å². The zero-order valence-corrected chi connectivity index (χ0v) is 21.7. The SMILES string of the molecule is COC(=O)C(C)(C)n1cc(C[C@H]2O[C@H](CO)[C@H](O)[C@H](n3cc(-c4ccc(Cl)c(F)c4F)nn3)[C@H]2OC)nn1. The van der Waals surface area contributed by atoms with E-state index < -0.39 is 60.2 Å². The molecule has 4 rings (SSSR count). The van der Waals surface area contributed by atoms with Gasteiger partial charge in [-0.05, 0) is 26.0 Å². The van der Waals surface area contributed by atoms with Gasteiger partial charge in [-0.15, -0.1) is 10.2 Å². The van der Waals surface area contributed by atoms with Gasteiger partial charge in [0.25, 0.3) is 0 Å². The van der Waals surface area contributed by atoms with Gasteiger partial charge in [-0.3, -0.25) is 0 Å². The van der Waals surface area contributed by atoms with E-state index in [2.05, 4.69) is 20.6 Å². The first-order valence-electron chi connectivity index (χ1n) is 11.6. The van der Waals surface area contributed by atoms with E-state index in [9.17, 15) is 23.8 Å². The molecule has 3 aromatic rings. The molecule has 15 heteroatoms. The number of benzene rings is 1. The normalized spacial score (nSPS) is 24.0. The van der Waals surface area contributed by atoms with E-state index in [0.29, 0.717) is 5.69 Å². The fourth-order valence-electron chi connectivity index (χ4n) is 4.41. The molecule has 0 bridgehead atoms. The third kappa shape index (κ3) is 5.01. The summed E-state index contributed by atoms with van der Waals surface area (Å²) in [5, 5.41) is 36.6. The third-order valence-corrected chi connectivity index (χ3v) is 6.86. The summed E-state index contributed by atoms with van der Waals surface area (Å²) in [7, 11) is 2.68. The van der Waals surface area contributed by atoms with Gasteiger partial charge in [0, 0.05) is 25.3 Å². The quantitative estimate of drug-likeness (QED) is 0.307. The van der Waals surface area contributed by atoms with E-state index >= 15 is 0 Å². The Bertz CT molecular complexity index is 1300. The maximum atomic E-state index is 14.5. The molecule has 1 saturated heterocycles. The molecular formula is C23H27ClF2N6O6. The van der Waals surface area contributed by atoms with Crippen LogP contribution in [0.5, 0.6) is 0 Å². The minimum absolute atomic E-state index is 0.00306. The molecule has 3 heterocycles. The molecule has 38 heavy (non-hydrogen) atoms. The number of halogens is 3. The standard InChI is InChI=1S/C23H27ClF2N6O6/c1-23(2,22(35)37-4)32-8-11(27-30-32)7-15-21(36-3)19(20(34)16(10-33)38-15)31-9-14(28-29-31)12-5-6-13(24)18(26)17(12)25/h5-6,8-9,15-16,19-21,33-34H,7,10H2,1-4H3/t15-,16-,19+,20+,21+/m1/s1. The summed E-state index contributed by atoms with van der Waals surface area (Å²) in [6.45, 7) is 2.72. The molecule has 0 radical (unpaired) electrons. The first kappa shape index (κ1) is 28.0. The van der Waals surface area contributed by atoms with Crippen LogP contribution < -0.4 is 0 Å². The van der Waals surface area contributed by atoms with E-state index in [-0.39, 0.29) is 22.7 Å². The summed E-state index contributed by atoms with van der Waals surface area (Å²) in [4.78, 5) is 12.1. The van der Waals surface area contributed by atoms with Crippen molar-refractivity contribution < 1.29 is 38.0 Å². The average Bonchev–Trinajstić information content (AvgIpc) is 3.58. The maximum Gasteiger partial charge on any atom is 0.333 e. The first-order chi connectivity index (χ1) is 18.0. The van der Waals surface area contributed by atoms with E-state index in [0.717, 1.165) is 0 Å². The second-order valence-corrected chi connectivity index (χ2v) is 9.70. The highest BCUT2D eigenvalue weighted by Crippen LogP contribution is 2.34. The lowest BCUT2D eigenvalue weighted by molar-refractivity contribution is -0.212. The molecule has 2 N–H and O–H groups in total. The molecule has 1 aliphatic heterocycles. The summed E-state index contributed by atoms with van der Waals surface area (Å²) < 4.78 is 47.5. The van der Waals surface area contributed by atoms with Crippen molar-refractivity contribution in [1.29, 1.82) is 0 Å². The number of methoxy groups -OCH3 is 2. The van der Waals surface area contributed by atoms with Crippen molar-refractivity contribution in [3.05, 3.63) is 46.9 Å². The number of rotatable bonds is 8. The molecule has 1 aromatic carbocycles. The second-order valence-electron chi connectivity index (χ2n) is 9.29. The zero-order chi connectivity index (χ0) is 27.8. The number of aliphatic hydroxyl groups is 2. The fourth-order valence-corrected chi connectivity index (χ4v) is 4.56. The average molecular weight is 557 g/mol. The van der Waals surface area contributed by atoms with Crippen molar-refractivity contribution in [2.45, 2.75) is 56.3 Å². The number of aliphatic hydroxyl groups excluding tert-OH is 2. The molecule has 2 aromatic heterocycles. The maximum absolute atomic E-state index is 14.5. The number of hydrogen-bond acceptors (Lipinski definition) is 10. The largest absolute Gasteiger partial charge is 0.467 e. The Kier molecular flexibility index (Phi) is 8.09. The molecule has 1 aliphatic rings. The van der Waals surface area contributed by atoms with Crippen LogP contribution in [-0.2, 0) is 31.0 Å². The number of carbonyl (C=O) groups is 1. The van der Waals surface area contributed by atoms with Gasteiger partial charge in [0.15, 0.2) is 17.2 Å². The van der Waals surface area contributed by atoms with Crippen molar-refractivity contribution in [3.8, 4) is 11.3 Å². The molecule has 0 saturated carbocycles. The lowest BCUT2D eigenvalue weighted by Crippen LogP contribution is -2.57. The zero-order valence-electron chi connectivity index (χ0n) is 21.0. The van der Waals surface area contributed by atoms with Crippen LogP contribution in [0.15, 0.2) is 24.5 Å². The van der Waals surface area contributed by atoms with Crippen molar-refractivity contribution in [2.75, 3.05) is 20.8 Å². The van der Waals surface area contributed by atoms with E-state index in [4.69, 9.17) is 25.8 Å². The Morgan fingerprint density at radius 3 is 2.55 bits per heavy atom. The smallest absolute Gasteiger partial charge is 0.333 e. The number of aromatic nitrogens is 6. The van der Waals surface area contributed by atoms with Gasteiger partial charge in [-0.1, -0.05) is 22.0 Å². The third-order valence-electron chi connectivity index (χ3n) is 6.57. The minimum Gasteiger partial charge on any atom is -0.467 e. The Morgan fingerprint density at radius 1 is 1.16 bits per heavy atom. The van der Waals surface area contributed by atoms with E-state index in [1.54, 1.807) is 20.0 Å². The highest BCUT2D eigenvalue weighted by Gasteiger charge is 2.47. The van der Waals surface area contributed by atoms with Gasteiger partial charge in [0.1, 0.15) is 30.0 Å². The molecule has 1 fully saturated rings. The lowest BCUT2D eigenvalue weighted by Gasteiger charge is -2.43. The predicted molar refractivity (Wildman–Crippen MR) is 127 cm³/mol. The summed E-state index contributed by atoms with van der Waals surface area (Å²) in [6, 6.07) is 1.53. The number of esters is 1. The molecular weight excluding hydrogens is 530 g/mol. The van der Waals surface area contributed by atoms with Crippen LogP contribution in [0.25, 0.3) is 11.3 Å². The van der Waals surface area contributed by atoms with Crippen LogP contribution >= 0.6 is 11.6 Å². The lowest BCUT2D eigenvalue weighted by atomic mass is 9.90. The summed E-state index contributed by atoms with van der Waals surface area (Å²) in [5.74, 6) is -2.92. The van der Waals surface area contributed by atoms with Crippen molar-refractivity contribution >= 4 is 17.6 Å². The van der Waals surface area contributed by atoms with Gasteiger partial charge in [0.05, 0.1) is 36.7 Å². The molecule has 0 spiro atoms. The monoisotopic (exact) mass is 556 g/mol. The Balaban J connectivity index is 1.64. The Labute approximate surface area is 221 Å². The highest BCUT2D eigenvalue weighted by molar-refractivity contribution is 6.30. The van der Waals surface area contributed by atoms with Crippen molar-refractivity contribution in [1.82, 2.24) is 30.0 Å². The number of hydrogen-bond donors (Lipinski definition) is 2. The van der Waals surface area contributed by atoms with Crippen LogP contribution in [0.3, 0.4) is 0 Å². The predicted octanol–water partition coefficient (Wildman–Crippen LogP) is 1.30. The Morgan fingerprint density at radius 2 is 1.89 bits per heavy atom. The molecule has 0 unspecified atom stereocenters. The second kappa shape index (κ2) is 11.0. The fraction of sp³-hybridized carbons (Fsp3) is 0.522. The minimum atomic E-state index is -1.29. The van der Waals surface area contributed by atoms with Crippen molar-refractivity contribution in [3.63, 3.8) is 0 Å². The van der Waals surface area contributed by atoms with Crippen molar-refractivity contribution in [2.24, 2.45) is 0 Å². The number of carbonyl (C=O) groups excluding carboxylic acids is 1. The molecule has 0 aliphatic carbocycles. The Hall–Kier alpha value is -3.04. The van der Waals surface area contributed by atoms with Crippen LogP contribution in [0.4, 0.5) is 8.78 Å². The van der Waals surface area contributed by atoms with Gasteiger partial charge >= 0.3 is 5.97 Å². The molecule has 206 valence electrons. The highest BCUT2D eigenvalue weighted by atomic mass is 35.5. The molecule has 0 amide bonds. The molecule has 12 nitrogen and oxygen atoms in total. The van der Waals surface area contributed by atoms with Gasteiger partial charge in [-0.25, -0.2) is 22.9 Å². The van der Waals surface area contributed by atoms with E-state index in [1.807, 2.05) is 0 Å². The molecule has 5 atom stereocenters. The van der Waals surface area contributed by atoms with Gasteiger partial charge in [-0.2, -0.15) is 0 Å². The topological polar surface area (TPSA) is 147 Å². The van der Waals surface area contributed by atoms with Gasteiger partial charge in [0.2, 0.25) is 0 Å². The summed E-state index contributed by atoms with van der Waals surface area (Å²) in [5.41, 5.74) is -0.849. The first-order valence-corrected chi connectivity index (χ1v) is 11.9. The summed E-state index contributed by atoms with van der Waals surface area (Å²) in [6.07, 6.45) is -0.896. The summed E-state index contributed by atoms with van der Waals surface area (Å²) >= 11 is 5.64. The van der Waals surface area contributed by atoms with Crippen LogP contribution in [0.1, 0.15) is 25.6 Å². The van der Waals surface area contributed by atoms with Gasteiger partial charge < -0.3 is 24.4 Å². The van der Waals surface area contributed by atoms with Crippen LogP contribution in [-0.4, -0.2) is 91.4 Å². The number of nitrogens with zero attached hydrogens (tertiary/aromatic N) is 6. The van der Waals surface area contributed by atoms with Crippen LogP contribution in [0, 0.1) is 11.6 Å². The van der Waals surface area contributed by atoms with Crippen LogP contribution in [0.2, 0.25) is 5.02 Å². The number of ether oxygens (including phenoxy) is 3.